The van der Waals surface area contributed by atoms with E-state index >= 15 is 0 Å². The Labute approximate surface area is 112 Å². The van der Waals surface area contributed by atoms with Crippen molar-refractivity contribution in [1.82, 2.24) is 5.32 Å². The highest BCUT2D eigenvalue weighted by atomic mass is 15.0. The Bertz CT molecular complexity index is 406. The Morgan fingerprint density at radius 2 is 1.83 bits per heavy atom. The lowest BCUT2D eigenvalue weighted by atomic mass is 9.70. The summed E-state index contributed by atoms with van der Waals surface area (Å²) in [6, 6.07) is 9.98. The summed E-state index contributed by atoms with van der Waals surface area (Å²) >= 11 is 0. The van der Waals surface area contributed by atoms with Crippen LogP contribution in [0.2, 0.25) is 0 Å². The van der Waals surface area contributed by atoms with Crippen LogP contribution in [0.15, 0.2) is 24.3 Å². The van der Waals surface area contributed by atoms with E-state index in [1.807, 2.05) is 0 Å². The van der Waals surface area contributed by atoms with Crippen LogP contribution < -0.4 is 5.32 Å². The maximum absolute atomic E-state index is 3.86. The van der Waals surface area contributed by atoms with Crippen molar-refractivity contribution in [3.05, 3.63) is 35.4 Å². The normalized spacial score (nSPS) is 23.8. The van der Waals surface area contributed by atoms with Crippen LogP contribution in [0.5, 0.6) is 0 Å². The number of benzene rings is 1. The molecule has 0 spiro atoms. The zero-order valence-electron chi connectivity index (χ0n) is 12.5. The summed E-state index contributed by atoms with van der Waals surface area (Å²) in [6.45, 7) is 11.7. The highest BCUT2D eigenvalue weighted by molar-refractivity contribution is 5.34. The maximum Gasteiger partial charge on any atom is 0.0376 e. The van der Waals surface area contributed by atoms with Gasteiger partial charge in [0.1, 0.15) is 0 Å². The maximum atomic E-state index is 3.86. The quantitative estimate of drug-likeness (QED) is 0.835. The minimum Gasteiger partial charge on any atom is -0.307 e. The number of aryl methyl sites for hydroxylation is 1. The summed E-state index contributed by atoms with van der Waals surface area (Å²) in [5.41, 5.74) is 3.39. The number of hydrogen-bond acceptors (Lipinski definition) is 1. The van der Waals surface area contributed by atoms with E-state index in [4.69, 9.17) is 0 Å². The zero-order valence-corrected chi connectivity index (χ0v) is 12.5. The number of nitrogens with one attached hydrogen (secondary N) is 1. The van der Waals surface area contributed by atoms with Gasteiger partial charge in [0.05, 0.1) is 0 Å². The summed E-state index contributed by atoms with van der Waals surface area (Å²) in [6.07, 6.45) is 2.49. The standard InChI is InChI=1S/C17H27N/c1-12(2)13(3)18-16-15-9-7-6-8-14(15)10-11-17(16,4)5/h6-9,12-13,16,18H,10-11H2,1-5H3. The molecule has 0 radical (unpaired) electrons. The molecule has 2 atom stereocenters. The van der Waals surface area contributed by atoms with Crippen LogP contribution in [-0.2, 0) is 6.42 Å². The van der Waals surface area contributed by atoms with Gasteiger partial charge in [-0.15, -0.1) is 0 Å². The van der Waals surface area contributed by atoms with Gasteiger partial charge < -0.3 is 5.32 Å². The molecule has 1 aliphatic rings. The molecule has 0 saturated carbocycles. The lowest BCUT2D eigenvalue weighted by Gasteiger charge is -2.42. The van der Waals surface area contributed by atoms with Crippen molar-refractivity contribution in [3.63, 3.8) is 0 Å². The van der Waals surface area contributed by atoms with Crippen LogP contribution >= 0.6 is 0 Å². The molecule has 2 unspecified atom stereocenters. The summed E-state index contributed by atoms with van der Waals surface area (Å²) in [4.78, 5) is 0. The van der Waals surface area contributed by atoms with Crippen molar-refractivity contribution in [2.24, 2.45) is 11.3 Å². The largest absolute Gasteiger partial charge is 0.307 e. The fraction of sp³-hybridized carbons (Fsp3) is 0.647. The highest BCUT2D eigenvalue weighted by Crippen LogP contribution is 2.43. The van der Waals surface area contributed by atoms with E-state index in [1.165, 1.54) is 24.0 Å². The molecule has 0 saturated heterocycles. The fourth-order valence-corrected chi connectivity index (χ4v) is 2.84. The second-order valence-electron chi connectivity index (χ2n) is 6.82. The molecule has 18 heavy (non-hydrogen) atoms. The van der Waals surface area contributed by atoms with Gasteiger partial charge in [-0.05, 0) is 42.2 Å². The topological polar surface area (TPSA) is 12.0 Å². The molecule has 100 valence electrons. The first-order valence-corrected chi connectivity index (χ1v) is 7.25. The van der Waals surface area contributed by atoms with Gasteiger partial charge in [0.15, 0.2) is 0 Å². The first-order valence-electron chi connectivity index (χ1n) is 7.25. The third-order valence-corrected chi connectivity index (χ3v) is 4.62. The summed E-state index contributed by atoms with van der Waals surface area (Å²) in [5.74, 6) is 0.676. The number of hydrogen-bond donors (Lipinski definition) is 1. The van der Waals surface area contributed by atoms with Crippen LogP contribution in [0.4, 0.5) is 0 Å². The van der Waals surface area contributed by atoms with Crippen molar-refractivity contribution in [1.29, 1.82) is 0 Å². The molecule has 1 nitrogen and oxygen atoms in total. The van der Waals surface area contributed by atoms with Crippen molar-refractivity contribution in [2.75, 3.05) is 0 Å². The van der Waals surface area contributed by atoms with Gasteiger partial charge in [-0.3, -0.25) is 0 Å². The molecule has 0 aromatic heterocycles. The lowest BCUT2D eigenvalue weighted by Crippen LogP contribution is -2.43. The molecule has 1 aliphatic carbocycles. The zero-order chi connectivity index (χ0) is 13.3. The molecular weight excluding hydrogens is 218 g/mol. The minimum absolute atomic E-state index is 0.345. The van der Waals surface area contributed by atoms with Gasteiger partial charge in [-0.2, -0.15) is 0 Å². The van der Waals surface area contributed by atoms with Crippen LogP contribution in [-0.4, -0.2) is 6.04 Å². The van der Waals surface area contributed by atoms with Crippen molar-refractivity contribution < 1.29 is 0 Å². The Hall–Kier alpha value is -0.820. The Balaban J connectivity index is 2.30. The van der Waals surface area contributed by atoms with Crippen molar-refractivity contribution >= 4 is 0 Å². The molecule has 1 heteroatoms. The van der Waals surface area contributed by atoms with Gasteiger partial charge in [0.25, 0.3) is 0 Å². The molecule has 0 amide bonds. The predicted octanol–water partition coefficient (Wildman–Crippen LogP) is 4.33. The van der Waals surface area contributed by atoms with E-state index in [2.05, 4.69) is 64.2 Å². The average Bonchev–Trinajstić information content (AvgIpc) is 2.32. The molecule has 0 aliphatic heterocycles. The van der Waals surface area contributed by atoms with Gasteiger partial charge >= 0.3 is 0 Å². The molecule has 1 aromatic carbocycles. The van der Waals surface area contributed by atoms with Crippen LogP contribution in [0.3, 0.4) is 0 Å². The second-order valence-corrected chi connectivity index (χ2v) is 6.82. The van der Waals surface area contributed by atoms with E-state index < -0.39 is 0 Å². The molecule has 1 N–H and O–H groups in total. The predicted molar refractivity (Wildman–Crippen MR) is 78.7 cm³/mol. The minimum atomic E-state index is 0.345. The number of fused-ring (bicyclic) bond motifs is 1. The van der Waals surface area contributed by atoms with E-state index in [9.17, 15) is 0 Å². The van der Waals surface area contributed by atoms with Crippen LogP contribution in [0, 0.1) is 11.3 Å². The van der Waals surface area contributed by atoms with Crippen molar-refractivity contribution in [3.8, 4) is 0 Å². The Morgan fingerprint density at radius 3 is 2.50 bits per heavy atom. The van der Waals surface area contributed by atoms with E-state index in [1.54, 1.807) is 0 Å². The average molecular weight is 245 g/mol. The SMILES string of the molecule is CC(C)C(C)NC1c2ccccc2CCC1(C)C. The highest BCUT2D eigenvalue weighted by Gasteiger charge is 2.36. The fourth-order valence-electron chi connectivity index (χ4n) is 2.84. The summed E-state index contributed by atoms with van der Waals surface area (Å²) < 4.78 is 0. The summed E-state index contributed by atoms with van der Waals surface area (Å²) in [7, 11) is 0. The monoisotopic (exact) mass is 245 g/mol. The van der Waals surface area contributed by atoms with Gasteiger partial charge in [-0.1, -0.05) is 52.0 Å². The first kappa shape index (κ1) is 13.6. The third kappa shape index (κ3) is 2.61. The lowest BCUT2D eigenvalue weighted by molar-refractivity contribution is 0.185. The smallest absolute Gasteiger partial charge is 0.0376 e. The Morgan fingerprint density at radius 1 is 1.17 bits per heavy atom. The molecule has 1 aromatic rings. The molecule has 0 heterocycles. The van der Waals surface area contributed by atoms with Crippen LogP contribution in [0.1, 0.15) is 58.2 Å². The first-order chi connectivity index (χ1) is 8.42. The summed E-state index contributed by atoms with van der Waals surface area (Å²) in [5, 5.41) is 3.86. The third-order valence-electron chi connectivity index (χ3n) is 4.62. The van der Waals surface area contributed by atoms with E-state index in [-0.39, 0.29) is 0 Å². The molecule has 0 fully saturated rings. The van der Waals surface area contributed by atoms with Gasteiger partial charge in [0, 0.05) is 12.1 Å². The molecule has 0 bridgehead atoms. The Kier molecular flexibility index (Phi) is 3.82. The van der Waals surface area contributed by atoms with Gasteiger partial charge in [0.2, 0.25) is 0 Å². The number of rotatable bonds is 3. The van der Waals surface area contributed by atoms with E-state index in [0.29, 0.717) is 23.4 Å². The van der Waals surface area contributed by atoms with Crippen molar-refractivity contribution in [2.45, 2.75) is 59.5 Å². The molecular formula is C17H27N. The van der Waals surface area contributed by atoms with E-state index in [0.717, 1.165) is 0 Å². The van der Waals surface area contributed by atoms with Gasteiger partial charge in [-0.25, -0.2) is 0 Å². The van der Waals surface area contributed by atoms with Crippen LogP contribution in [0.25, 0.3) is 0 Å². The molecule has 2 rings (SSSR count). The second kappa shape index (κ2) is 5.05.